The number of ketones is 2. The molecule has 3 fully saturated rings. The van der Waals surface area contributed by atoms with Crippen LogP contribution in [0, 0.1) is 34.5 Å². The van der Waals surface area contributed by atoms with Gasteiger partial charge in [-0.25, -0.2) is 0 Å². The molecule has 0 aromatic rings. The molecular weight excluding hydrogens is 388 g/mol. The fourth-order valence-corrected chi connectivity index (χ4v) is 8.48. The molecule has 5 heteroatoms. The Bertz CT molecular complexity index is 803. The maximum absolute atomic E-state index is 12.8. The van der Waals surface area contributed by atoms with E-state index in [4.69, 9.17) is 16.3 Å². The molecule has 4 nitrogen and oxygen atoms in total. The number of ether oxygens (including phenoxy) is 1. The van der Waals surface area contributed by atoms with Crippen molar-refractivity contribution in [2.45, 2.75) is 84.1 Å². The van der Waals surface area contributed by atoms with Gasteiger partial charge in [0.15, 0.2) is 17.2 Å². The lowest BCUT2D eigenvalue weighted by molar-refractivity contribution is -0.187. The Morgan fingerprint density at radius 3 is 2.41 bits per heavy atom. The number of carbonyl (C=O) groups is 3. The van der Waals surface area contributed by atoms with Gasteiger partial charge >= 0.3 is 5.97 Å². The SMILES string of the molecule is CC(=O)O[C@]1(C(C)=O)CCC2C3CC(Cl)C4=CC(=O)C(C)C[C@]4(C)C3CC[C@@]21C. The molecular formula is C24H33ClO4. The van der Waals surface area contributed by atoms with Crippen LogP contribution in [0.1, 0.15) is 73.1 Å². The molecule has 0 aromatic heterocycles. The number of alkyl halides is 1. The maximum Gasteiger partial charge on any atom is 0.303 e. The minimum absolute atomic E-state index is 0.0283. The molecule has 4 aliphatic rings. The van der Waals surface area contributed by atoms with Crippen LogP contribution < -0.4 is 0 Å². The lowest BCUT2D eigenvalue weighted by Gasteiger charge is -2.60. The third kappa shape index (κ3) is 2.73. The first-order valence-electron chi connectivity index (χ1n) is 11.1. The zero-order valence-corrected chi connectivity index (χ0v) is 19.0. The third-order valence-corrected chi connectivity index (χ3v) is 9.66. The van der Waals surface area contributed by atoms with Crippen molar-refractivity contribution in [2.24, 2.45) is 34.5 Å². The van der Waals surface area contributed by atoms with Gasteiger partial charge in [0.05, 0.1) is 5.38 Å². The van der Waals surface area contributed by atoms with E-state index in [-0.39, 0.29) is 39.7 Å². The van der Waals surface area contributed by atoms with Gasteiger partial charge < -0.3 is 4.74 Å². The monoisotopic (exact) mass is 420 g/mol. The van der Waals surface area contributed by atoms with Gasteiger partial charge in [-0.15, -0.1) is 11.6 Å². The lowest BCUT2D eigenvalue weighted by atomic mass is 9.45. The second kappa shape index (κ2) is 6.67. The Morgan fingerprint density at radius 2 is 1.79 bits per heavy atom. The van der Waals surface area contributed by atoms with Crippen LogP contribution in [-0.4, -0.2) is 28.5 Å². The highest BCUT2D eigenvalue weighted by Gasteiger charge is 2.68. The van der Waals surface area contributed by atoms with Crippen molar-refractivity contribution in [3.8, 4) is 0 Å². The summed E-state index contributed by atoms with van der Waals surface area (Å²) in [5.41, 5.74) is -0.297. The molecule has 0 N–H and O–H groups in total. The molecule has 0 amide bonds. The molecule has 29 heavy (non-hydrogen) atoms. The number of halogens is 1. The second-order valence-corrected chi connectivity index (χ2v) is 11.1. The number of fused-ring (bicyclic) bond motifs is 5. The molecule has 0 radical (unpaired) electrons. The summed E-state index contributed by atoms with van der Waals surface area (Å²) in [6, 6.07) is 0. The standard InChI is InChI=1S/C24H33ClO4/c1-13-12-22(4)17-6-8-23(5)18(7-9-24(23,14(2)26)29-15(3)27)16(17)10-20(25)19(22)11-21(13)28/h11,13,16-18,20H,6-10,12H2,1-5H3/t13?,16?,17?,18?,20?,22-,23+,24+/m1/s1. The van der Waals surface area contributed by atoms with Crippen LogP contribution in [0.15, 0.2) is 11.6 Å². The van der Waals surface area contributed by atoms with Gasteiger partial charge in [0.25, 0.3) is 0 Å². The summed E-state index contributed by atoms with van der Waals surface area (Å²) in [5, 5.41) is -0.138. The number of hydrogen-bond donors (Lipinski definition) is 0. The lowest BCUT2D eigenvalue weighted by Crippen LogP contribution is -2.59. The van der Waals surface area contributed by atoms with E-state index >= 15 is 0 Å². The molecule has 4 aliphatic carbocycles. The van der Waals surface area contributed by atoms with Gasteiger partial charge in [-0.1, -0.05) is 20.8 Å². The predicted octanol–water partition coefficient (Wildman–Crippen LogP) is 4.87. The van der Waals surface area contributed by atoms with Crippen molar-refractivity contribution in [3.63, 3.8) is 0 Å². The zero-order valence-electron chi connectivity index (χ0n) is 18.2. The minimum atomic E-state index is -1.01. The number of Topliss-reactive ketones (excluding diaryl/α,β-unsaturated/α-hetero) is 1. The number of rotatable bonds is 2. The molecule has 5 unspecified atom stereocenters. The molecule has 0 heterocycles. The van der Waals surface area contributed by atoms with Crippen molar-refractivity contribution < 1.29 is 19.1 Å². The van der Waals surface area contributed by atoms with Gasteiger partial charge in [-0.05, 0) is 80.3 Å². The summed E-state index contributed by atoms with van der Waals surface area (Å²) in [5.74, 6) is 0.970. The maximum atomic E-state index is 12.8. The van der Waals surface area contributed by atoms with Gasteiger partial charge in [0.2, 0.25) is 0 Å². The summed E-state index contributed by atoms with van der Waals surface area (Å²) >= 11 is 6.89. The topological polar surface area (TPSA) is 60.4 Å². The highest BCUT2D eigenvalue weighted by Crippen LogP contribution is 2.69. The van der Waals surface area contributed by atoms with E-state index in [0.717, 1.165) is 37.7 Å². The van der Waals surface area contributed by atoms with Crippen LogP contribution in [0.4, 0.5) is 0 Å². The smallest absolute Gasteiger partial charge is 0.303 e. The average molecular weight is 421 g/mol. The van der Waals surface area contributed by atoms with Crippen molar-refractivity contribution in [3.05, 3.63) is 11.6 Å². The van der Waals surface area contributed by atoms with Gasteiger partial charge in [0, 0.05) is 18.3 Å². The number of carbonyl (C=O) groups excluding carboxylic acids is 3. The molecule has 0 aliphatic heterocycles. The van der Waals surface area contributed by atoms with Gasteiger partial charge in [-0.2, -0.15) is 0 Å². The Hall–Kier alpha value is -1.16. The van der Waals surface area contributed by atoms with Crippen LogP contribution in [0.5, 0.6) is 0 Å². The summed E-state index contributed by atoms with van der Waals surface area (Å²) in [6.07, 6.45) is 6.86. The van der Waals surface area contributed by atoms with Crippen molar-refractivity contribution >= 4 is 29.1 Å². The van der Waals surface area contributed by atoms with Crippen LogP contribution in [0.3, 0.4) is 0 Å². The van der Waals surface area contributed by atoms with Gasteiger partial charge in [-0.3, -0.25) is 14.4 Å². The van der Waals surface area contributed by atoms with Crippen molar-refractivity contribution in [1.82, 2.24) is 0 Å². The molecule has 160 valence electrons. The second-order valence-electron chi connectivity index (χ2n) is 10.6. The first-order chi connectivity index (χ1) is 13.5. The molecule has 0 spiro atoms. The van der Waals surface area contributed by atoms with E-state index in [2.05, 4.69) is 13.8 Å². The Balaban J connectivity index is 1.74. The molecule has 4 rings (SSSR count). The first kappa shape index (κ1) is 21.1. The van der Waals surface area contributed by atoms with E-state index in [0.29, 0.717) is 24.2 Å². The number of hydrogen-bond acceptors (Lipinski definition) is 4. The quantitative estimate of drug-likeness (QED) is 0.472. The fraction of sp³-hybridized carbons (Fsp3) is 0.792. The number of esters is 1. The Labute approximate surface area is 178 Å². The molecule has 0 aromatic carbocycles. The zero-order chi connectivity index (χ0) is 21.4. The molecule has 8 atom stereocenters. The summed E-state index contributed by atoms with van der Waals surface area (Å²) in [4.78, 5) is 37.1. The van der Waals surface area contributed by atoms with Crippen molar-refractivity contribution in [2.75, 3.05) is 0 Å². The first-order valence-corrected chi connectivity index (χ1v) is 11.5. The van der Waals surface area contributed by atoms with E-state index in [1.54, 1.807) is 6.92 Å². The molecule has 0 bridgehead atoms. The average Bonchev–Trinajstić information content (AvgIpc) is 2.91. The van der Waals surface area contributed by atoms with Crippen LogP contribution >= 0.6 is 11.6 Å². The minimum Gasteiger partial charge on any atom is -0.451 e. The fourth-order valence-electron chi connectivity index (χ4n) is 7.96. The van der Waals surface area contributed by atoms with E-state index in [9.17, 15) is 14.4 Å². The van der Waals surface area contributed by atoms with Crippen LogP contribution in [-0.2, 0) is 19.1 Å². The van der Waals surface area contributed by atoms with Gasteiger partial charge in [0.1, 0.15) is 0 Å². The summed E-state index contributed by atoms with van der Waals surface area (Å²) < 4.78 is 5.82. The number of allylic oxidation sites excluding steroid dienone is 1. The Morgan fingerprint density at radius 1 is 1.14 bits per heavy atom. The highest BCUT2D eigenvalue weighted by atomic mass is 35.5. The summed E-state index contributed by atoms with van der Waals surface area (Å²) in [7, 11) is 0. The van der Waals surface area contributed by atoms with E-state index in [1.165, 1.54) is 6.92 Å². The highest BCUT2D eigenvalue weighted by molar-refractivity contribution is 6.23. The largest absolute Gasteiger partial charge is 0.451 e. The summed E-state index contributed by atoms with van der Waals surface area (Å²) in [6.45, 7) is 9.47. The molecule has 3 saturated carbocycles. The van der Waals surface area contributed by atoms with Crippen LogP contribution in [0.2, 0.25) is 0 Å². The van der Waals surface area contributed by atoms with Crippen molar-refractivity contribution in [1.29, 1.82) is 0 Å². The van der Waals surface area contributed by atoms with E-state index < -0.39 is 5.60 Å². The normalized spacial score (nSPS) is 48.8. The van der Waals surface area contributed by atoms with E-state index in [1.807, 2.05) is 13.0 Å². The Kier molecular flexibility index (Phi) is 4.85. The predicted molar refractivity (Wildman–Crippen MR) is 111 cm³/mol. The molecule has 0 saturated heterocycles. The van der Waals surface area contributed by atoms with Crippen LogP contribution in [0.25, 0.3) is 0 Å². The third-order valence-electron chi connectivity index (χ3n) is 9.25.